The molecule has 1 aromatic carbocycles. The number of nitrogens with one attached hydrogen (secondary N) is 1. The van der Waals surface area contributed by atoms with Crippen molar-refractivity contribution in [2.75, 3.05) is 26.2 Å². The number of likely N-dealkylation sites (tertiary alicyclic amines) is 1. The number of piperidine rings is 1. The molecule has 5 nitrogen and oxygen atoms in total. The fourth-order valence-electron chi connectivity index (χ4n) is 4.21. The molecule has 2 aliphatic rings. The first-order valence-corrected chi connectivity index (χ1v) is 11.3. The Balaban J connectivity index is 1.09. The SMILES string of the molecule is NC(=O)c1csc(CCCN2CCC(CNC3CC3c3ccccc3)CC2)n1. The van der Waals surface area contributed by atoms with Gasteiger partial charge in [0, 0.05) is 23.8 Å². The highest BCUT2D eigenvalue weighted by Crippen LogP contribution is 2.40. The summed E-state index contributed by atoms with van der Waals surface area (Å²) in [5, 5.41) is 6.58. The maximum absolute atomic E-state index is 11.1. The summed E-state index contributed by atoms with van der Waals surface area (Å²) in [6.45, 7) is 4.67. The average molecular weight is 399 g/mol. The monoisotopic (exact) mass is 398 g/mol. The van der Waals surface area contributed by atoms with E-state index in [2.05, 4.69) is 45.5 Å². The largest absolute Gasteiger partial charge is 0.364 e. The molecule has 0 bridgehead atoms. The minimum Gasteiger partial charge on any atom is -0.364 e. The highest BCUT2D eigenvalue weighted by molar-refractivity contribution is 7.09. The van der Waals surface area contributed by atoms with Crippen molar-refractivity contribution < 1.29 is 4.79 Å². The Morgan fingerprint density at radius 3 is 2.75 bits per heavy atom. The molecule has 1 aromatic heterocycles. The van der Waals surface area contributed by atoms with E-state index in [0.29, 0.717) is 11.7 Å². The summed E-state index contributed by atoms with van der Waals surface area (Å²) >= 11 is 1.54. The number of rotatable bonds is 9. The van der Waals surface area contributed by atoms with E-state index in [1.165, 1.54) is 49.3 Å². The second-order valence-electron chi connectivity index (χ2n) is 8.15. The molecule has 1 aliphatic heterocycles. The summed E-state index contributed by atoms with van der Waals surface area (Å²) < 4.78 is 0. The molecule has 2 unspecified atom stereocenters. The highest BCUT2D eigenvalue weighted by Gasteiger charge is 2.38. The van der Waals surface area contributed by atoms with Gasteiger partial charge < -0.3 is 16.0 Å². The lowest BCUT2D eigenvalue weighted by Crippen LogP contribution is -2.38. The molecule has 2 heterocycles. The van der Waals surface area contributed by atoms with Crippen LogP contribution in [0.5, 0.6) is 0 Å². The third-order valence-electron chi connectivity index (χ3n) is 6.06. The topological polar surface area (TPSA) is 71.2 Å². The molecule has 3 N–H and O–H groups in total. The Labute approximate surface area is 171 Å². The Morgan fingerprint density at radius 2 is 2.04 bits per heavy atom. The van der Waals surface area contributed by atoms with Gasteiger partial charge in [-0.1, -0.05) is 30.3 Å². The molecule has 0 spiro atoms. The lowest BCUT2D eigenvalue weighted by molar-refractivity contribution is 0.0996. The molecule has 1 aliphatic carbocycles. The van der Waals surface area contributed by atoms with Gasteiger partial charge in [0.2, 0.25) is 0 Å². The van der Waals surface area contributed by atoms with E-state index < -0.39 is 5.91 Å². The summed E-state index contributed by atoms with van der Waals surface area (Å²) in [6, 6.07) is 11.6. The standard InChI is InChI=1S/C22H30N4OS/c23-22(27)20-15-28-21(25-20)7-4-10-26-11-8-16(9-12-26)14-24-19-13-18(19)17-5-2-1-3-6-17/h1-3,5-6,15-16,18-19,24H,4,7-14H2,(H2,23,27). The third kappa shape index (κ3) is 5.19. The maximum atomic E-state index is 11.1. The minimum absolute atomic E-state index is 0.401. The van der Waals surface area contributed by atoms with E-state index in [-0.39, 0.29) is 0 Å². The van der Waals surface area contributed by atoms with Gasteiger partial charge in [0.25, 0.3) is 5.91 Å². The molecule has 1 amide bonds. The third-order valence-corrected chi connectivity index (χ3v) is 6.97. The number of aromatic nitrogens is 1. The zero-order valence-corrected chi connectivity index (χ0v) is 17.2. The van der Waals surface area contributed by atoms with Gasteiger partial charge in [-0.25, -0.2) is 4.98 Å². The van der Waals surface area contributed by atoms with Crippen molar-refractivity contribution in [1.29, 1.82) is 0 Å². The number of thiazole rings is 1. The number of nitrogens with zero attached hydrogens (tertiary/aromatic N) is 2. The van der Waals surface area contributed by atoms with Gasteiger partial charge in [0.15, 0.2) is 0 Å². The van der Waals surface area contributed by atoms with Crippen LogP contribution < -0.4 is 11.1 Å². The number of hydrogen-bond donors (Lipinski definition) is 2. The number of carbonyl (C=O) groups excluding carboxylic acids is 1. The van der Waals surface area contributed by atoms with E-state index in [4.69, 9.17) is 5.73 Å². The van der Waals surface area contributed by atoms with Crippen molar-refractivity contribution in [1.82, 2.24) is 15.2 Å². The Kier molecular flexibility index (Phi) is 6.40. The molecule has 2 fully saturated rings. The van der Waals surface area contributed by atoms with E-state index in [1.54, 1.807) is 5.38 Å². The summed E-state index contributed by atoms with van der Waals surface area (Å²) in [6.07, 6.45) is 5.89. The molecule has 6 heteroatoms. The van der Waals surface area contributed by atoms with Crippen LogP contribution in [0.25, 0.3) is 0 Å². The Hall–Kier alpha value is -1.76. The molecular formula is C22H30N4OS. The van der Waals surface area contributed by atoms with Gasteiger partial charge in [-0.3, -0.25) is 4.79 Å². The molecule has 0 radical (unpaired) electrons. The molecule has 4 rings (SSSR count). The summed E-state index contributed by atoms with van der Waals surface area (Å²) in [5.74, 6) is 1.10. The molecular weight excluding hydrogens is 368 g/mol. The van der Waals surface area contributed by atoms with Crippen molar-refractivity contribution in [2.45, 2.75) is 44.1 Å². The first-order valence-electron chi connectivity index (χ1n) is 10.4. The first-order chi connectivity index (χ1) is 13.7. The Bertz CT molecular complexity index is 770. The van der Waals surface area contributed by atoms with Gasteiger partial charge in [-0.15, -0.1) is 11.3 Å². The van der Waals surface area contributed by atoms with Gasteiger partial charge >= 0.3 is 0 Å². The van der Waals surface area contributed by atoms with Crippen LogP contribution in [0.2, 0.25) is 0 Å². The number of aryl methyl sites for hydroxylation is 1. The predicted octanol–water partition coefficient (Wildman–Crippen LogP) is 3.03. The summed E-state index contributed by atoms with van der Waals surface area (Å²) in [5.41, 5.74) is 7.15. The van der Waals surface area contributed by atoms with Crippen molar-refractivity contribution in [3.8, 4) is 0 Å². The average Bonchev–Trinajstić information content (AvgIpc) is 3.35. The van der Waals surface area contributed by atoms with E-state index in [0.717, 1.165) is 42.8 Å². The second kappa shape index (κ2) is 9.16. The molecule has 1 saturated heterocycles. The van der Waals surface area contributed by atoms with Crippen LogP contribution in [0, 0.1) is 5.92 Å². The van der Waals surface area contributed by atoms with Crippen LogP contribution in [-0.2, 0) is 6.42 Å². The predicted molar refractivity (Wildman–Crippen MR) is 114 cm³/mol. The van der Waals surface area contributed by atoms with Gasteiger partial charge in [0.05, 0.1) is 5.01 Å². The molecule has 28 heavy (non-hydrogen) atoms. The summed E-state index contributed by atoms with van der Waals surface area (Å²) in [7, 11) is 0. The van der Waals surface area contributed by atoms with Crippen LogP contribution in [0.15, 0.2) is 35.7 Å². The lowest BCUT2D eigenvalue weighted by Gasteiger charge is -2.32. The quantitative estimate of drug-likeness (QED) is 0.681. The second-order valence-corrected chi connectivity index (χ2v) is 9.09. The van der Waals surface area contributed by atoms with Crippen LogP contribution in [0.4, 0.5) is 0 Å². The first kappa shape index (κ1) is 19.6. The zero-order chi connectivity index (χ0) is 19.3. The van der Waals surface area contributed by atoms with E-state index in [9.17, 15) is 4.79 Å². The zero-order valence-electron chi connectivity index (χ0n) is 16.3. The van der Waals surface area contributed by atoms with Gasteiger partial charge in [-0.05, 0) is 63.3 Å². The number of primary amides is 1. The van der Waals surface area contributed by atoms with Gasteiger partial charge in [-0.2, -0.15) is 0 Å². The van der Waals surface area contributed by atoms with Crippen LogP contribution in [0.3, 0.4) is 0 Å². The van der Waals surface area contributed by atoms with Crippen LogP contribution in [-0.4, -0.2) is 48.0 Å². The number of benzene rings is 1. The lowest BCUT2D eigenvalue weighted by atomic mass is 9.96. The number of nitrogens with two attached hydrogens (primary N) is 1. The smallest absolute Gasteiger partial charge is 0.268 e. The van der Waals surface area contributed by atoms with Crippen molar-refractivity contribution in [2.24, 2.45) is 11.7 Å². The van der Waals surface area contributed by atoms with E-state index in [1.807, 2.05) is 0 Å². The number of hydrogen-bond acceptors (Lipinski definition) is 5. The van der Waals surface area contributed by atoms with Crippen LogP contribution >= 0.6 is 11.3 Å². The normalized spacial score (nSPS) is 23.0. The molecule has 2 aromatic rings. The Morgan fingerprint density at radius 1 is 1.25 bits per heavy atom. The summed E-state index contributed by atoms with van der Waals surface area (Å²) in [4.78, 5) is 18.0. The van der Waals surface area contributed by atoms with E-state index >= 15 is 0 Å². The fraction of sp³-hybridized carbons (Fsp3) is 0.545. The highest BCUT2D eigenvalue weighted by atomic mass is 32.1. The number of amides is 1. The van der Waals surface area contributed by atoms with Crippen LogP contribution in [0.1, 0.15) is 52.7 Å². The number of carbonyl (C=O) groups is 1. The minimum atomic E-state index is -0.431. The van der Waals surface area contributed by atoms with Crippen molar-refractivity contribution in [3.63, 3.8) is 0 Å². The van der Waals surface area contributed by atoms with Crippen molar-refractivity contribution in [3.05, 3.63) is 52.0 Å². The molecule has 150 valence electrons. The molecule has 1 saturated carbocycles. The van der Waals surface area contributed by atoms with Crippen molar-refractivity contribution >= 4 is 17.2 Å². The maximum Gasteiger partial charge on any atom is 0.268 e. The van der Waals surface area contributed by atoms with Gasteiger partial charge in [0.1, 0.15) is 5.69 Å². The molecule has 2 atom stereocenters. The fourth-order valence-corrected chi connectivity index (χ4v) is 5.04.